The maximum absolute atomic E-state index is 14.5. The van der Waals surface area contributed by atoms with Crippen LogP contribution < -0.4 is 9.47 Å². The summed E-state index contributed by atoms with van der Waals surface area (Å²) in [5.74, 6) is -9.95. The van der Waals surface area contributed by atoms with Crippen LogP contribution in [0.25, 0.3) is 0 Å². The lowest BCUT2D eigenvalue weighted by Crippen LogP contribution is -2.31. The van der Waals surface area contributed by atoms with Gasteiger partial charge in [-0.05, 0) is 35.4 Å². The first-order valence-corrected chi connectivity index (χ1v) is 10.8. The number of phenolic OH excluding ortho intramolecular Hbond substituents is 1. The molecule has 0 aliphatic carbocycles. The Kier molecular flexibility index (Phi) is 7.13. The van der Waals surface area contributed by atoms with Gasteiger partial charge >= 0.3 is 0 Å². The minimum absolute atomic E-state index is 0.363. The summed E-state index contributed by atoms with van der Waals surface area (Å²) in [5, 5.41) is 9.88. The topological polar surface area (TPSA) is 76.1 Å². The molecule has 0 amide bonds. The van der Waals surface area contributed by atoms with E-state index in [0.29, 0.717) is 26.9 Å². The highest BCUT2D eigenvalue weighted by Gasteiger charge is 2.37. The molecule has 0 heterocycles. The summed E-state index contributed by atoms with van der Waals surface area (Å²) in [6.45, 7) is -0.726. The molecule has 0 saturated carbocycles. The van der Waals surface area contributed by atoms with Crippen molar-refractivity contribution in [3.63, 3.8) is 0 Å². The van der Waals surface area contributed by atoms with E-state index in [1.54, 1.807) is 24.3 Å². The van der Waals surface area contributed by atoms with E-state index in [2.05, 4.69) is 0 Å². The number of benzene rings is 3. The Bertz CT molecular complexity index is 1170. The summed E-state index contributed by atoms with van der Waals surface area (Å²) in [4.78, 5) is -1.69. The molecule has 33 heavy (non-hydrogen) atoms. The van der Waals surface area contributed by atoms with Crippen LogP contribution in [0.4, 0.5) is 17.6 Å². The van der Waals surface area contributed by atoms with E-state index in [-0.39, 0.29) is 13.1 Å². The van der Waals surface area contributed by atoms with Crippen molar-refractivity contribution in [3.8, 4) is 17.2 Å². The van der Waals surface area contributed by atoms with Gasteiger partial charge in [0, 0.05) is 13.1 Å². The third-order valence-electron chi connectivity index (χ3n) is 4.83. The van der Waals surface area contributed by atoms with Crippen LogP contribution in [0, 0.1) is 23.3 Å². The normalized spacial score (nSPS) is 11.6. The van der Waals surface area contributed by atoms with E-state index in [4.69, 9.17) is 9.47 Å². The van der Waals surface area contributed by atoms with Crippen molar-refractivity contribution in [1.82, 2.24) is 4.31 Å². The highest BCUT2D eigenvalue weighted by molar-refractivity contribution is 7.89. The molecule has 0 fully saturated rings. The predicted molar refractivity (Wildman–Crippen MR) is 110 cm³/mol. The number of halogens is 4. The van der Waals surface area contributed by atoms with E-state index in [9.17, 15) is 31.1 Å². The number of rotatable bonds is 8. The molecule has 176 valence electrons. The number of methoxy groups -OCH3 is 2. The molecule has 3 aromatic carbocycles. The first-order valence-electron chi connectivity index (χ1n) is 9.41. The second-order valence-corrected chi connectivity index (χ2v) is 8.78. The van der Waals surface area contributed by atoms with Crippen molar-refractivity contribution >= 4 is 10.0 Å². The molecular weight excluding hydrogens is 466 g/mol. The van der Waals surface area contributed by atoms with Crippen LogP contribution in [-0.2, 0) is 23.1 Å². The van der Waals surface area contributed by atoms with Crippen LogP contribution >= 0.6 is 0 Å². The SMILES string of the molecule is COc1ccc(CN(Cc2ccc(OC)cc2)S(=O)(=O)c2c(O)c(F)c(F)c(F)c2F)cc1. The molecule has 0 atom stereocenters. The van der Waals surface area contributed by atoms with Crippen molar-refractivity contribution < 1.29 is 40.6 Å². The van der Waals surface area contributed by atoms with Gasteiger partial charge in [-0.25, -0.2) is 21.6 Å². The average molecular weight is 485 g/mol. The summed E-state index contributed by atoms with van der Waals surface area (Å²) in [5.41, 5.74) is 0.853. The second-order valence-electron chi connectivity index (χ2n) is 6.90. The number of hydrogen-bond donors (Lipinski definition) is 1. The summed E-state index contributed by atoms with van der Waals surface area (Å²) in [6.07, 6.45) is 0. The first kappa shape index (κ1) is 24.3. The van der Waals surface area contributed by atoms with Crippen molar-refractivity contribution in [1.29, 1.82) is 0 Å². The van der Waals surface area contributed by atoms with E-state index in [0.717, 1.165) is 0 Å². The lowest BCUT2D eigenvalue weighted by Gasteiger charge is -2.24. The van der Waals surface area contributed by atoms with E-state index in [1.165, 1.54) is 38.5 Å². The smallest absolute Gasteiger partial charge is 0.250 e. The molecule has 11 heteroatoms. The van der Waals surface area contributed by atoms with E-state index < -0.39 is 43.9 Å². The molecule has 3 aromatic rings. The molecular formula is C22H19F4NO5S. The van der Waals surface area contributed by atoms with Crippen molar-refractivity contribution in [2.45, 2.75) is 18.0 Å². The fraction of sp³-hybridized carbons (Fsp3) is 0.182. The zero-order chi connectivity index (χ0) is 24.3. The number of nitrogens with zero attached hydrogens (tertiary/aromatic N) is 1. The van der Waals surface area contributed by atoms with Gasteiger partial charge in [-0.1, -0.05) is 24.3 Å². The van der Waals surface area contributed by atoms with Crippen LogP contribution in [0.1, 0.15) is 11.1 Å². The Morgan fingerprint density at radius 2 is 1.12 bits per heavy atom. The van der Waals surface area contributed by atoms with Crippen LogP contribution in [0.3, 0.4) is 0 Å². The Morgan fingerprint density at radius 1 is 0.727 bits per heavy atom. The van der Waals surface area contributed by atoms with Gasteiger partial charge in [0.1, 0.15) is 11.5 Å². The molecule has 0 saturated heterocycles. The third-order valence-corrected chi connectivity index (χ3v) is 6.66. The Labute approximate surface area is 187 Å². The third kappa shape index (κ3) is 4.88. The van der Waals surface area contributed by atoms with Gasteiger partial charge in [0.15, 0.2) is 22.3 Å². The maximum Gasteiger partial charge on any atom is 0.250 e. The van der Waals surface area contributed by atoms with Gasteiger partial charge in [0.2, 0.25) is 11.6 Å². The van der Waals surface area contributed by atoms with Crippen molar-refractivity contribution in [3.05, 3.63) is 82.9 Å². The zero-order valence-corrected chi connectivity index (χ0v) is 18.3. The fourth-order valence-corrected chi connectivity index (χ4v) is 4.61. The van der Waals surface area contributed by atoms with Gasteiger partial charge in [-0.15, -0.1) is 0 Å². The second kappa shape index (κ2) is 9.67. The Morgan fingerprint density at radius 3 is 1.52 bits per heavy atom. The monoisotopic (exact) mass is 485 g/mol. The highest BCUT2D eigenvalue weighted by Crippen LogP contribution is 2.36. The summed E-state index contributed by atoms with van der Waals surface area (Å²) < 4.78 is 93.0. The first-order chi connectivity index (χ1) is 15.6. The van der Waals surface area contributed by atoms with Gasteiger partial charge in [-0.3, -0.25) is 0 Å². The fourth-order valence-electron chi connectivity index (χ4n) is 3.06. The predicted octanol–water partition coefficient (Wildman–Crippen LogP) is 4.36. The standard InChI is InChI=1S/C22H19F4NO5S/c1-31-15-7-3-13(4-8-15)11-27(12-14-5-9-16(32-2)10-6-14)33(29,30)22-20(26)18(24)17(23)19(25)21(22)28/h3-10,28H,11-12H2,1-2H3. The molecule has 0 aromatic heterocycles. The van der Waals surface area contributed by atoms with Crippen LogP contribution in [-0.4, -0.2) is 32.0 Å². The van der Waals surface area contributed by atoms with Crippen LogP contribution in [0.15, 0.2) is 53.4 Å². The molecule has 0 unspecified atom stereocenters. The minimum atomic E-state index is -5.05. The van der Waals surface area contributed by atoms with Gasteiger partial charge in [0.25, 0.3) is 10.0 Å². The lowest BCUT2D eigenvalue weighted by molar-refractivity contribution is 0.337. The molecule has 1 N–H and O–H groups in total. The van der Waals surface area contributed by atoms with Gasteiger partial charge in [0.05, 0.1) is 14.2 Å². The minimum Gasteiger partial charge on any atom is -0.504 e. The van der Waals surface area contributed by atoms with Crippen LogP contribution in [0.2, 0.25) is 0 Å². The lowest BCUT2D eigenvalue weighted by atomic mass is 10.2. The quantitative estimate of drug-likeness (QED) is 0.292. The molecule has 0 spiro atoms. The summed E-state index contributed by atoms with van der Waals surface area (Å²) in [7, 11) is -2.17. The zero-order valence-electron chi connectivity index (χ0n) is 17.5. The molecule has 6 nitrogen and oxygen atoms in total. The summed E-state index contributed by atoms with van der Waals surface area (Å²) in [6, 6.07) is 12.4. The summed E-state index contributed by atoms with van der Waals surface area (Å²) >= 11 is 0. The Balaban J connectivity index is 2.10. The number of sulfonamides is 1. The van der Waals surface area contributed by atoms with E-state index in [1.807, 2.05) is 0 Å². The molecule has 0 aliphatic heterocycles. The van der Waals surface area contributed by atoms with Gasteiger partial charge < -0.3 is 14.6 Å². The average Bonchev–Trinajstić information content (AvgIpc) is 2.82. The Hall–Kier alpha value is -3.31. The number of hydrogen-bond acceptors (Lipinski definition) is 5. The molecule has 0 bridgehead atoms. The van der Waals surface area contributed by atoms with Crippen molar-refractivity contribution in [2.24, 2.45) is 0 Å². The number of ether oxygens (including phenoxy) is 2. The molecule has 0 radical (unpaired) electrons. The largest absolute Gasteiger partial charge is 0.504 e. The highest BCUT2D eigenvalue weighted by atomic mass is 32.2. The van der Waals surface area contributed by atoms with Crippen LogP contribution in [0.5, 0.6) is 17.2 Å². The van der Waals surface area contributed by atoms with Gasteiger partial charge in [-0.2, -0.15) is 8.70 Å². The number of aromatic hydroxyl groups is 1. The van der Waals surface area contributed by atoms with E-state index >= 15 is 0 Å². The molecule has 3 rings (SSSR count). The number of phenols is 1. The van der Waals surface area contributed by atoms with Crippen molar-refractivity contribution in [2.75, 3.05) is 14.2 Å². The maximum atomic E-state index is 14.5. The molecule has 0 aliphatic rings.